The molecule has 2 aromatic carbocycles. The van der Waals surface area contributed by atoms with Crippen LogP contribution in [0.3, 0.4) is 0 Å². The lowest BCUT2D eigenvalue weighted by atomic mass is 10.2. The van der Waals surface area contributed by atoms with Crippen molar-refractivity contribution in [2.75, 3.05) is 0 Å². The summed E-state index contributed by atoms with van der Waals surface area (Å²) in [7, 11) is 0. The number of aromatic hydroxyl groups is 2. The molecule has 0 aliphatic rings. The zero-order valence-corrected chi connectivity index (χ0v) is 13.2. The normalized spacial score (nSPS) is 12.1. The summed E-state index contributed by atoms with van der Waals surface area (Å²) in [6.07, 6.45) is -1.45. The number of hydrogen-bond acceptors (Lipinski definition) is 11. The van der Waals surface area contributed by atoms with Crippen LogP contribution in [-0.4, -0.2) is 26.2 Å². The molecule has 0 aliphatic heterocycles. The Kier molecular flexibility index (Phi) is 5.64. The first-order chi connectivity index (χ1) is 12.8. The molecule has 0 spiro atoms. The fourth-order valence-corrected chi connectivity index (χ4v) is 1.73. The third kappa shape index (κ3) is 4.76. The van der Waals surface area contributed by atoms with Crippen molar-refractivity contribution in [3.8, 4) is 17.6 Å². The van der Waals surface area contributed by atoms with E-state index in [4.69, 9.17) is 5.26 Å². The van der Waals surface area contributed by atoms with E-state index in [0.29, 0.717) is 0 Å². The summed E-state index contributed by atoms with van der Waals surface area (Å²) in [5.74, 6) is -1.04. The van der Waals surface area contributed by atoms with Gasteiger partial charge in [0.1, 0.15) is 28.9 Å². The number of phenols is 2. The van der Waals surface area contributed by atoms with E-state index < -0.39 is 27.5 Å². The van der Waals surface area contributed by atoms with Crippen LogP contribution >= 0.6 is 0 Å². The first-order valence-corrected chi connectivity index (χ1v) is 6.98. The number of nitrogens with zero attached hydrogens (tertiary/aromatic N) is 7. The quantitative estimate of drug-likeness (QED) is 0.438. The maximum absolute atomic E-state index is 10.6. The van der Waals surface area contributed by atoms with Crippen LogP contribution in [0.15, 0.2) is 56.9 Å². The molecule has 0 heterocycles. The molecule has 0 atom stereocenters. The number of non-ortho nitro benzene ring substituents is 2. The summed E-state index contributed by atoms with van der Waals surface area (Å²) >= 11 is 0. The van der Waals surface area contributed by atoms with Crippen LogP contribution < -0.4 is 0 Å². The van der Waals surface area contributed by atoms with Crippen molar-refractivity contribution < 1.29 is 20.1 Å². The molecule has 0 aliphatic carbocycles. The Labute approximate surface area is 149 Å². The van der Waals surface area contributed by atoms with E-state index in [1.165, 1.54) is 0 Å². The topological polar surface area (TPSA) is 200 Å². The highest BCUT2D eigenvalue weighted by Gasteiger charge is 2.12. The van der Waals surface area contributed by atoms with Crippen LogP contribution in [0.25, 0.3) is 0 Å². The zero-order chi connectivity index (χ0) is 20.0. The average Bonchev–Trinajstić information content (AvgIpc) is 2.63. The highest BCUT2D eigenvalue weighted by molar-refractivity contribution is 5.56. The number of rotatable bonds is 6. The van der Waals surface area contributed by atoms with E-state index in [-0.39, 0.29) is 22.7 Å². The number of hydrogen-bond donors (Lipinski definition) is 2. The third-order valence-corrected chi connectivity index (χ3v) is 3.00. The predicted molar refractivity (Wildman–Crippen MR) is 88.0 cm³/mol. The Morgan fingerprint density at radius 1 is 0.889 bits per heavy atom. The van der Waals surface area contributed by atoms with Gasteiger partial charge in [-0.05, 0) is 12.1 Å². The zero-order valence-electron chi connectivity index (χ0n) is 13.2. The van der Waals surface area contributed by atoms with Gasteiger partial charge in [0.25, 0.3) is 17.5 Å². The van der Waals surface area contributed by atoms with Gasteiger partial charge in [0.2, 0.25) is 0 Å². The smallest absolute Gasteiger partial charge is 0.273 e. The molecule has 0 unspecified atom stereocenters. The van der Waals surface area contributed by atoms with Gasteiger partial charge in [0.15, 0.2) is 0 Å². The number of nitriles is 1. The Bertz CT molecular complexity index is 924. The summed E-state index contributed by atoms with van der Waals surface area (Å²) in [6.45, 7) is 0. The number of benzene rings is 2. The van der Waals surface area contributed by atoms with Gasteiger partial charge in [-0.15, -0.1) is 20.5 Å². The molecular weight excluding hydrogens is 362 g/mol. The molecule has 0 saturated heterocycles. The molecule has 0 radical (unpaired) electrons. The fourth-order valence-electron chi connectivity index (χ4n) is 1.73. The van der Waals surface area contributed by atoms with Crippen molar-refractivity contribution in [2.24, 2.45) is 20.5 Å². The van der Waals surface area contributed by atoms with Crippen LogP contribution in [0.4, 0.5) is 22.7 Å². The highest BCUT2D eigenvalue weighted by atomic mass is 16.6. The van der Waals surface area contributed by atoms with Gasteiger partial charge in [-0.3, -0.25) is 20.2 Å². The highest BCUT2D eigenvalue weighted by Crippen LogP contribution is 2.32. The van der Waals surface area contributed by atoms with Gasteiger partial charge in [0, 0.05) is 12.1 Å². The second-order valence-electron chi connectivity index (χ2n) is 4.79. The molecule has 0 amide bonds. The summed E-state index contributed by atoms with van der Waals surface area (Å²) in [5.41, 5.74) is -0.961. The molecule has 27 heavy (non-hydrogen) atoms. The van der Waals surface area contributed by atoms with E-state index in [1.807, 2.05) is 0 Å². The maximum atomic E-state index is 10.6. The van der Waals surface area contributed by atoms with Gasteiger partial charge in [-0.2, -0.15) is 5.26 Å². The van der Waals surface area contributed by atoms with Crippen LogP contribution in [0.2, 0.25) is 0 Å². The minimum atomic E-state index is -1.45. The van der Waals surface area contributed by atoms with Gasteiger partial charge >= 0.3 is 0 Å². The van der Waals surface area contributed by atoms with Crippen LogP contribution in [-0.2, 0) is 0 Å². The predicted octanol–water partition coefficient (Wildman–Crippen LogP) is 3.63. The molecule has 0 aromatic heterocycles. The number of azo groups is 2. The molecule has 13 nitrogen and oxygen atoms in total. The summed E-state index contributed by atoms with van der Waals surface area (Å²) in [5, 5.41) is 63.7. The van der Waals surface area contributed by atoms with Gasteiger partial charge < -0.3 is 10.2 Å². The molecule has 2 rings (SSSR count). The largest absolute Gasteiger partial charge is 0.505 e. The van der Waals surface area contributed by atoms with Crippen LogP contribution in [0.1, 0.15) is 0 Å². The second kappa shape index (κ2) is 8.07. The van der Waals surface area contributed by atoms with E-state index in [9.17, 15) is 30.4 Å². The molecule has 136 valence electrons. The molecule has 0 bridgehead atoms. The van der Waals surface area contributed by atoms with Crippen molar-refractivity contribution in [1.82, 2.24) is 0 Å². The first-order valence-electron chi connectivity index (χ1n) is 6.98. The van der Waals surface area contributed by atoms with Crippen molar-refractivity contribution >= 4 is 22.7 Å². The summed E-state index contributed by atoms with van der Waals surface area (Å²) in [6, 6.07) is 7.81. The van der Waals surface area contributed by atoms with E-state index >= 15 is 0 Å². The average molecular weight is 371 g/mol. The standard InChI is InChI=1S/C14H9N7O6/c15-7-14(18-16-10-3-1-8(20(24)25)5-12(10)22)19-17-11-4-2-9(21(26)27)6-13(11)23/h1-6,14,22-23H. The molecule has 0 saturated carbocycles. The van der Waals surface area contributed by atoms with Crippen LogP contribution in [0, 0.1) is 31.6 Å². The first kappa shape index (κ1) is 18.9. The van der Waals surface area contributed by atoms with Crippen molar-refractivity contribution in [1.29, 1.82) is 5.26 Å². The maximum Gasteiger partial charge on any atom is 0.273 e. The Morgan fingerprint density at radius 2 is 1.30 bits per heavy atom. The molecule has 2 aromatic rings. The minimum Gasteiger partial charge on any atom is -0.505 e. The van der Waals surface area contributed by atoms with Crippen LogP contribution in [0.5, 0.6) is 11.5 Å². The number of nitro groups is 2. The van der Waals surface area contributed by atoms with Crippen molar-refractivity contribution in [3.63, 3.8) is 0 Å². The second-order valence-corrected chi connectivity index (χ2v) is 4.79. The lowest BCUT2D eigenvalue weighted by Crippen LogP contribution is -1.92. The fraction of sp³-hybridized carbons (Fsp3) is 0.0714. The third-order valence-electron chi connectivity index (χ3n) is 3.00. The molecule has 13 heteroatoms. The summed E-state index contributed by atoms with van der Waals surface area (Å²) < 4.78 is 0. The van der Waals surface area contributed by atoms with Crippen molar-refractivity contribution in [3.05, 3.63) is 56.6 Å². The molecular formula is C14H9N7O6. The van der Waals surface area contributed by atoms with E-state index in [1.54, 1.807) is 6.07 Å². The van der Waals surface area contributed by atoms with E-state index in [0.717, 1.165) is 36.4 Å². The SMILES string of the molecule is N#CC(N=Nc1ccc([N+](=O)[O-])cc1O)N=Nc1ccc([N+](=O)[O-])cc1O. The number of nitro benzene ring substituents is 2. The summed E-state index contributed by atoms with van der Waals surface area (Å²) in [4.78, 5) is 19.8. The minimum absolute atomic E-state index is 0.130. The lowest BCUT2D eigenvalue weighted by molar-refractivity contribution is -0.385. The Hall–Kier alpha value is -4.47. The van der Waals surface area contributed by atoms with Crippen molar-refractivity contribution in [2.45, 2.75) is 6.17 Å². The Balaban J connectivity index is 2.17. The van der Waals surface area contributed by atoms with Gasteiger partial charge in [-0.25, -0.2) is 0 Å². The van der Waals surface area contributed by atoms with Gasteiger partial charge in [0.05, 0.1) is 22.0 Å². The molecule has 0 fully saturated rings. The van der Waals surface area contributed by atoms with Gasteiger partial charge in [-0.1, -0.05) is 0 Å². The lowest BCUT2D eigenvalue weighted by Gasteiger charge is -1.99. The number of phenolic OH excluding ortho intramolecular Hbond substituents is 2. The monoisotopic (exact) mass is 371 g/mol. The van der Waals surface area contributed by atoms with E-state index in [2.05, 4.69) is 20.5 Å². The Morgan fingerprint density at radius 3 is 1.59 bits per heavy atom. The molecule has 2 N–H and O–H groups in total.